The van der Waals surface area contributed by atoms with Crippen LogP contribution in [0.15, 0.2) is 42.0 Å². The average molecular weight is 634 g/mol. The van der Waals surface area contributed by atoms with E-state index < -0.39 is 35.4 Å². The van der Waals surface area contributed by atoms with Crippen LogP contribution in [0.2, 0.25) is 0 Å². The highest BCUT2D eigenvalue weighted by atomic mass is 19.3. The summed E-state index contributed by atoms with van der Waals surface area (Å²) in [6, 6.07) is 9.08. The molecule has 1 spiro atoms. The van der Waals surface area contributed by atoms with Gasteiger partial charge in [0.15, 0.2) is 0 Å². The number of hydrogen-bond acceptors (Lipinski definition) is 5. The molecule has 4 N–H and O–H groups in total. The van der Waals surface area contributed by atoms with Gasteiger partial charge >= 0.3 is 6.03 Å². The lowest BCUT2D eigenvalue weighted by Gasteiger charge is -2.44. The Hall–Kier alpha value is -4.73. The quantitative estimate of drug-likeness (QED) is 0.369. The number of benzene rings is 1. The van der Waals surface area contributed by atoms with Crippen LogP contribution < -0.4 is 21.3 Å². The number of hydrogen-bond donors (Lipinski definition) is 4. The molecule has 6 rings (SSSR count). The predicted octanol–water partition coefficient (Wildman–Crippen LogP) is 3.36. The van der Waals surface area contributed by atoms with Crippen LogP contribution in [0.3, 0.4) is 0 Å². The van der Waals surface area contributed by atoms with E-state index >= 15 is 0 Å². The Morgan fingerprint density at radius 1 is 1.09 bits per heavy atom. The largest absolute Gasteiger partial charge is 0.357 e. The summed E-state index contributed by atoms with van der Waals surface area (Å²) < 4.78 is 28.0. The second-order valence-corrected chi connectivity index (χ2v) is 13.1. The fourth-order valence-electron chi connectivity index (χ4n) is 7.31. The van der Waals surface area contributed by atoms with Crippen LogP contribution in [0.5, 0.6) is 0 Å². The molecule has 2 aromatic rings. The van der Waals surface area contributed by atoms with E-state index in [-0.39, 0.29) is 53.6 Å². The van der Waals surface area contributed by atoms with Gasteiger partial charge in [-0.05, 0) is 85.4 Å². The summed E-state index contributed by atoms with van der Waals surface area (Å²) >= 11 is 0. The van der Waals surface area contributed by atoms with Crippen LogP contribution in [-0.4, -0.2) is 64.9 Å². The number of nitriles is 1. The lowest BCUT2D eigenvalue weighted by Crippen LogP contribution is -2.67. The van der Waals surface area contributed by atoms with Crippen LogP contribution in [0.4, 0.5) is 19.3 Å². The predicted molar refractivity (Wildman–Crippen MR) is 164 cm³/mol. The highest BCUT2D eigenvalue weighted by Crippen LogP contribution is 2.49. The molecular weight excluding hydrogens is 596 g/mol. The highest BCUT2D eigenvalue weighted by Gasteiger charge is 2.57. The van der Waals surface area contributed by atoms with Gasteiger partial charge in [-0.3, -0.25) is 14.4 Å². The lowest BCUT2D eigenvalue weighted by molar-refractivity contribution is -0.131. The minimum absolute atomic E-state index is 0.00349. The first kappa shape index (κ1) is 31.3. The monoisotopic (exact) mass is 633 g/mol. The van der Waals surface area contributed by atoms with Crippen molar-refractivity contribution in [3.63, 3.8) is 0 Å². The number of carbonyl (C=O) groups is 4. The van der Waals surface area contributed by atoms with Crippen molar-refractivity contribution in [1.29, 1.82) is 5.26 Å². The standard InChI is InChI=1S/C33H37F2N7O4/c1-37-30(45)33(42-18-32(11-12-32)17-38-31(42)46)14-21-7-8-23(13-22(21)15-33)39-29(44)26(19-3-5-20(6-4-19)27(34)35)40-28(43)25-10-9-24(16-36)41(25)2/h7-10,13,19,26H,3-6,11-12,14-15,17-18H2,1-2H3,(H,37,45)(H,38,46)(H,39,44)(H,40,43). The van der Waals surface area contributed by atoms with Crippen LogP contribution in [-0.2, 0) is 29.5 Å². The van der Waals surface area contributed by atoms with Gasteiger partial charge in [0.25, 0.3) is 12.0 Å². The molecule has 1 aromatic heterocycles. The molecule has 2 saturated carbocycles. The number of aromatic nitrogens is 1. The first-order valence-electron chi connectivity index (χ1n) is 15.6. The Balaban J connectivity index is 1.23. The van der Waals surface area contributed by atoms with E-state index in [1.165, 1.54) is 16.7 Å². The van der Waals surface area contributed by atoms with Gasteiger partial charge in [0.1, 0.15) is 29.0 Å². The van der Waals surface area contributed by atoms with E-state index in [9.17, 15) is 33.2 Å². The smallest absolute Gasteiger partial charge is 0.318 e. The maximum Gasteiger partial charge on any atom is 0.318 e. The Morgan fingerprint density at radius 2 is 1.80 bits per heavy atom. The van der Waals surface area contributed by atoms with E-state index in [0.29, 0.717) is 38.0 Å². The van der Waals surface area contributed by atoms with E-state index in [1.54, 1.807) is 31.1 Å². The molecule has 0 radical (unpaired) electrons. The zero-order chi connectivity index (χ0) is 32.8. The summed E-state index contributed by atoms with van der Waals surface area (Å²) in [7, 11) is 3.13. The molecule has 5 amide bonds. The third-order valence-electron chi connectivity index (χ3n) is 10.3. The fraction of sp³-hybridized carbons (Fsp3) is 0.485. The average Bonchev–Trinajstić information content (AvgIpc) is 3.52. The summed E-state index contributed by atoms with van der Waals surface area (Å²) in [6.45, 7) is 1.12. The first-order chi connectivity index (χ1) is 22.0. The molecule has 242 valence electrons. The van der Waals surface area contributed by atoms with Crippen molar-refractivity contribution in [3.05, 3.63) is 64.5 Å². The van der Waals surface area contributed by atoms with Gasteiger partial charge in [0.2, 0.25) is 11.8 Å². The zero-order valence-corrected chi connectivity index (χ0v) is 25.8. The number of fused-ring (bicyclic) bond motifs is 1. The van der Waals surface area contributed by atoms with Gasteiger partial charge in [0, 0.05) is 51.1 Å². The number of halogens is 2. The van der Waals surface area contributed by atoms with Gasteiger partial charge in [-0.15, -0.1) is 0 Å². The SMILES string of the molecule is CNC(=O)C1(N2CC3(CC3)CNC2=O)Cc2ccc(NC(=O)C(NC(=O)c3ccc(C#N)n3C)C3CCC(=C(F)F)CC3)cc2C1. The molecule has 2 unspecified atom stereocenters. The summed E-state index contributed by atoms with van der Waals surface area (Å²) in [4.78, 5) is 55.3. The van der Waals surface area contributed by atoms with E-state index in [0.717, 1.165) is 24.0 Å². The molecule has 3 aliphatic carbocycles. The summed E-state index contributed by atoms with van der Waals surface area (Å²) in [5.74, 6) is -1.70. The van der Waals surface area contributed by atoms with Gasteiger partial charge in [-0.25, -0.2) is 4.79 Å². The number of nitrogens with one attached hydrogen (secondary N) is 4. The molecule has 11 nitrogen and oxygen atoms in total. The summed E-state index contributed by atoms with van der Waals surface area (Å²) in [5.41, 5.74) is 1.60. The first-order valence-corrected chi connectivity index (χ1v) is 15.6. The Labute approximate surface area is 265 Å². The Bertz CT molecular complexity index is 1680. The number of carbonyl (C=O) groups excluding carboxylic acids is 4. The molecule has 0 bridgehead atoms. The molecule has 2 atom stereocenters. The van der Waals surface area contributed by atoms with Crippen molar-refractivity contribution in [3.8, 4) is 6.07 Å². The second-order valence-electron chi connectivity index (χ2n) is 13.1. The zero-order valence-electron chi connectivity index (χ0n) is 25.8. The Kier molecular flexibility index (Phi) is 8.08. The minimum atomic E-state index is -1.70. The van der Waals surface area contributed by atoms with Crippen molar-refractivity contribution in [2.24, 2.45) is 18.4 Å². The number of likely N-dealkylation sites (N-methyl/N-ethyl adjacent to an activating group) is 1. The van der Waals surface area contributed by atoms with Crippen LogP contribution in [0, 0.1) is 22.7 Å². The number of allylic oxidation sites excluding steroid dienone is 1. The van der Waals surface area contributed by atoms with Gasteiger partial charge < -0.3 is 30.7 Å². The molecule has 1 aromatic carbocycles. The number of nitrogens with zero attached hydrogens (tertiary/aromatic N) is 3. The topological polar surface area (TPSA) is 148 Å². The number of amides is 5. The number of urea groups is 1. The fourth-order valence-corrected chi connectivity index (χ4v) is 7.31. The third-order valence-corrected chi connectivity index (χ3v) is 10.3. The lowest BCUT2D eigenvalue weighted by atomic mass is 9.81. The maximum absolute atomic E-state index is 13.8. The van der Waals surface area contributed by atoms with E-state index in [1.807, 2.05) is 12.1 Å². The van der Waals surface area contributed by atoms with Crippen molar-refractivity contribution in [1.82, 2.24) is 25.4 Å². The van der Waals surface area contributed by atoms with E-state index in [4.69, 9.17) is 0 Å². The highest BCUT2D eigenvalue weighted by molar-refractivity contribution is 6.01. The normalized spacial score (nSPS) is 23.5. The number of anilines is 1. The van der Waals surface area contributed by atoms with Gasteiger partial charge in [-0.2, -0.15) is 14.0 Å². The minimum Gasteiger partial charge on any atom is -0.357 e. The van der Waals surface area contributed by atoms with Crippen molar-refractivity contribution in [2.45, 2.75) is 62.9 Å². The van der Waals surface area contributed by atoms with Crippen LogP contribution in [0.1, 0.15) is 65.8 Å². The molecule has 1 saturated heterocycles. The molecule has 4 aliphatic rings. The van der Waals surface area contributed by atoms with Gasteiger partial charge in [0.05, 0.1) is 0 Å². The molecule has 13 heteroatoms. The molecule has 3 fully saturated rings. The molecule has 46 heavy (non-hydrogen) atoms. The molecule has 1 aliphatic heterocycles. The molecular formula is C33H37F2N7O4. The van der Waals surface area contributed by atoms with Crippen molar-refractivity contribution in [2.75, 3.05) is 25.5 Å². The van der Waals surface area contributed by atoms with E-state index in [2.05, 4.69) is 21.3 Å². The van der Waals surface area contributed by atoms with Crippen molar-refractivity contribution >= 4 is 29.4 Å². The van der Waals surface area contributed by atoms with Gasteiger partial charge in [-0.1, -0.05) is 6.07 Å². The third kappa shape index (κ3) is 5.61. The molecule has 2 heterocycles. The second kappa shape index (κ2) is 11.9. The van der Waals surface area contributed by atoms with Crippen LogP contribution in [0.25, 0.3) is 0 Å². The number of rotatable bonds is 7. The maximum atomic E-state index is 13.8. The van der Waals surface area contributed by atoms with Crippen LogP contribution >= 0.6 is 0 Å². The summed E-state index contributed by atoms with van der Waals surface area (Å²) in [5, 5.41) is 20.7. The Morgan fingerprint density at radius 3 is 2.43 bits per heavy atom. The summed E-state index contributed by atoms with van der Waals surface area (Å²) in [6.07, 6.45) is 1.75. The van der Waals surface area contributed by atoms with Crippen molar-refractivity contribution < 1.29 is 28.0 Å².